The first kappa shape index (κ1) is 18.5. The van der Waals surface area contributed by atoms with Gasteiger partial charge >= 0.3 is 0 Å². The van der Waals surface area contributed by atoms with E-state index in [9.17, 15) is 9.59 Å². The lowest BCUT2D eigenvalue weighted by atomic mass is 10.2. The van der Waals surface area contributed by atoms with Crippen LogP contribution in [0, 0.1) is 0 Å². The predicted molar refractivity (Wildman–Crippen MR) is 107 cm³/mol. The molecule has 0 unspecified atom stereocenters. The number of hydrogen-bond donors (Lipinski definition) is 2. The van der Waals surface area contributed by atoms with Crippen molar-refractivity contribution in [2.45, 2.75) is 6.92 Å². The summed E-state index contributed by atoms with van der Waals surface area (Å²) in [5, 5.41) is 6.00. The molecule has 0 aliphatic carbocycles. The number of rotatable bonds is 5. The molecule has 0 aromatic heterocycles. The van der Waals surface area contributed by atoms with Gasteiger partial charge in [-0.2, -0.15) is 0 Å². The number of nitrogens with one attached hydrogen (secondary N) is 2. The van der Waals surface area contributed by atoms with Gasteiger partial charge in [0.05, 0.1) is 5.02 Å². The minimum absolute atomic E-state index is 0.161. The molecule has 5 nitrogen and oxygen atoms in total. The van der Waals surface area contributed by atoms with E-state index in [1.807, 2.05) is 12.1 Å². The van der Waals surface area contributed by atoms with Crippen molar-refractivity contribution in [2.24, 2.45) is 0 Å². The number of carbonyl (C=O) groups is 2. The summed E-state index contributed by atoms with van der Waals surface area (Å²) in [4.78, 5) is 23.3. The minimum Gasteiger partial charge on any atom is -0.456 e. The SMILES string of the molecule is CC(=O)Nc1ccc(C(=O)Nc2ccc(Oc3ccccc3Cl)cc2)cc1. The highest BCUT2D eigenvalue weighted by Crippen LogP contribution is 2.29. The number of hydrogen-bond acceptors (Lipinski definition) is 3. The number of ether oxygens (including phenoxy) is 1. The third kappa shape index (κ3) is 5.09. The third-order valence-electron chi connectivity index (χ3n) is 3.64. The Bertz CT molecular complexity index is 954. The van der Waals surface area contributed by atoms with E-state index in [2.05, 4.69) is 10.6 Å². The summed E-state index contributed by atoms with van der Waals surface area (Å²) in [6, 6.07) is 20.8. The zero-order valence-corrected chi connectivity index (χ0v) is 15.3. The second kappa shape index (κ2) is 8.38. The van der Waals surface area contributed by atoms with Crippen molar-refractivity contribution >= 4 is 34.8 Å². The van der Waals surface area contributed by atoms with E-state index in [-0.39, 0.29) is 11.8 Å². The summed E-state index contributed by atoms with van der Waals surface area (Å²) < 4.78 is 5.72. The molecule has 3 aromatic rings. The zero-order valence-electron chi connectivity index (χ0n) is 14.5. The van der Waals surface area contributed by atoms with Crippen LogP contribution in [0.3, 0.4) is 0 Å². The van der Waals surface area contributed by atoms with E-state index in [0.29, 0.717) is 33.5 Å². The van der Waals surface area contributed by atoms with Crippen LogP contribution in [0.4, 0.5) is 11.4 Å². The summed E-state index contributed by atoms with van der Waals surface area (Å²) >= 11 is 6.08. The lowest BCUT2D eigenvalue weighted by Gasteiger charge is -2.09. The number of amides is 2. The molecular weight excluding hydrogens is 364 g/mol. The van der Waals surface area contributed by atoms with E-state index in [1.54, 1.807) is 60.7 Å². The Balaban J connectivity index is 1.63. The molecule has 3 aromatic carbocycles. The fourth-order valence-corrected chi connectivity index (χ4v) is 2.55. The topological polar surface area (TPSA) is 67.4 Å². The number of para-hydroxylation sites is 1. The average molecular weight is 381 g/mol. The van der Waals surface area contributed by atoms with Gasteiger partial charge in [-0.25, -0.2) is 0 Å². The Kier molecular flexibility index (Phi) is 5.74. The van der Waals surface area contributed by atoms with Gasteiger partial charge in [0.1, 0.15) is 11.5 Å². The Morgan fingerprint density at radius 3 is 2.04 bits per heavy atom. The Morgan fingerprint density at radius 1 is 0.815 bits per heavy atom. The van der Waals surface area contributed by atoms with Crippen molar-refractivity contribution in [3.63, 3.8) is 0 Å². The van der Waals surface area contributed by atoms with Gasteiger partial charge in [0.25, 0.3) is 5.91 Å². The van der Waals surface area contributed by atoms with E-state index in [0.717, 1.165) is 0 Å². The smallest absolute Gasteiger partial charge is 0.255 e. The van der Waals surface area contributed by atoms with Crippen LogP contribution in [0.1, 0.15) is 17.3 Å². The zero-order chi connectivity index (χ0) is 19.2. The van der Waals surface area contributed by atoms with Crippen LogP contribution < -0.4 is 15.4 Å². The van der Waals surface area contributed by atoms with Crippen LogP contribution >= 0.6 is 11.6 Å². The molecule has 0 radical (unpaired) electrons. The van der Waals surface area contributed by atoms with Crippen LogP contribution in [0.2, 0.25) is 5.02 Å². The minimum atomic E-state index is -0.246. The second-order valence-corrected chi connectivity index (χ2v) is 6.18. The molecule has 0 saturated carbocycles. The fraction of sp³-hybridized carbons (Fsp3) is 0.0476. The summed E-state index contributed by atoms with van der Waals surface area (Å²) in [6.07, 6.45) is 0. The summed E-state index contributed by atoms with van der Waals surface area (Å²) in [6.45, 7) is 1.43. The molecular formula is C21H17ClN2O3. The largest absolute Gasteiger partial charge is 0.456 e. The van der Waals surface area contributed by atoms with E-state index in [1.165, 1.54) is 6.92 Å². The van der Waals surface area contributed by atoms with Crippen LogP contribution in [0.5, 0.6) is 11.5 Å². The average Bonchev–Trinajstić information content (AvgIpc) is 2.65. The molecule has 0 spiro atoms. The van der Waals surface area contributed by atoms with Crippen molar-refractivity contribution in [3.8, 4) is 11.5 Å². The van der Waals surface area contributed by atoms with Gasteiger partial charge in [-0.3, -0.25) is 9.59 Å². The standard InChI is InChI=1S/C21H17ClN2O3/c1-14(25)23-16-8-6-15(7-9-16)21(26)24-17-10-12-18(13-11-17)27-20-5-3-2-4-19(20)22/h2-13H,1H3,(H,23,25)(H,24,26). The van der Waals surface area contributed by atoms with Crippen molar-refractivity contribution in [2.75, 3.05) is 10.6 Å². The predicted octanol–water partition coefficient (Wildman–Crippen LogP) is 5.34. The fourth-order valence-electron chi connectivity index (χ4n) is 2.37. The highest BCUT2D eigenvalue weighted by atomic mass is 35.5. The van der Waals surface area contributed by atoms with Crippen LogP contribution in [-0.2, 0) is 4.79 Å². The quantitative estimate of drug-likeness (QED) is 0.627. The molecule has 0 aliphatic rings. The van der Waals surface area contributed by atoms with Gasteiger partial charge in [0.15, 0.2) is 0 Å². The molecule has 27 heavy (non-hydrogen) atoms. The number of halogens is 1. The highest BCUT2D eigenvalue weighted by molar-refractivity contribution is 6.32. The molecule has 136 valence electrons. The van der Waals surface area contributed by atoms with Gasteiger partial charge < -0.3 is 15.4 Å². The summed E-state index contributed by atoms with van der Waals surface area (Å²) in [7, 11) is 0. The van der Waals surface area contributed by atoms with Crippen molar-refractivity contribution in [3.05, 3.63) is 83.4 Å². The second-order valence-electron chi connectivity index (χ2n) is 5.77. The molecule has 0 bridgehead atoms. The molecule has 6 heteroatoms. The number of carbonyl (C=O) groups excluding carboxylic acids is 2. The van der Waals surface area contributed by atoms with E-state index in [4.69, 9.17) is 16.3 Å². The molecule has 2 amide bonds. The third-order valence-corrected chi connectivity index (χ3v) is 3.96. The molecule has 3 rings (SSSR count). The molecule has 0 atom stereocenters. The van der Waals surface area contributed by atoms with Crippen molar-refractivity contribution in [1.29, 1.82) is 0 Å². The monoisotopic (exact) mass is 380 g/mol. The number of benzene rings is 3. The molecule has 0 fully saturated rings. The summed E-state index contributed by atoms with van der Waals surface area (Å²) in [5.41, 5.74) is 1.76. The maximum atomic E-state index is 12.3. The normalized spacial score (nSPS) is 10.1. The van der Waals surface area contributed by atoms with Gasteiger partial charge in [0.2, 0.25) is 5.91 Å². The maximum Gasteiger partial charge on any atom is 0.255 e. The Hall–Kier alpha value is -3.31. The Morgan fingerprint density at radius 2 is 1.41 bits per heavy atom. The lowest BCUT2D eigenvalue weighted by molar-refractivity contribution is -0.114. The molecule has 2 N–H and O–H groups in total. The van der Waals surface area contributed by atoms with Crippen LogP contribution in [-0.4, -0.2) is 11.8 Å². The number of anilines is 2. The first-order valence-corrected chi connectivity index (χ1v) is 8.60. The van der Waals surface area contributed by atoms with E-state index >= 15 is 0 Å². The lowest BCUT2D eigenvalue weighted by Crippen LogP contribution is -2.12. The van der Waals surface area contributed by atoms with Crippen LogP contribution in [0.15, 0.2) is 72.8 Å². The molecule has 0 saturated heterocycles. The first-order chi connectivity index (χ1) is 13.0. The Labute approximate surface area is 161 Å². The van der Waals surface area contributed by atoms with Gasteiger partial charge in [0, 0.05) is 23.9 Å². The summed E-state index contributed by atoms with van der Waals surface area (Å²) in [5.74, 6) is 0.770. The van der Waals surface area contributed by atoms with Gasteiger partial charge in [-0.05, 0) is 60.7 Å². The van der Waals surface area contributed by atoms with Crippen molar-refractivity contribution in [1.82, 2.24) is 0 Å². The van der Waals surface area contributed by atoms with Crippen LogP contribution in [0.25, 0.3) is 0 Å². The van der Waals surface area contributed by atoms with Crippen molar-refractivity contribution < 1.29 is 14.3 Å². The van der Waals surface area contributed by atoms with E-state index < -0.39 is 0 Å². The van der Waals surface area contributed by atoms with Gasteiger partial charge in [-0.1, -0.05) is 23.7 Å². The molecule has 0 heterocycles. The highest BCUT2D eigenvalue weighted by Gasteiger charge is 2.07. The first-order valence-electron chi connectivity index (χ1n) is 8.23. The maximum absolute atomic E-state index is 12.3. The molecule has 0 aliphatic heterocycles. The van der Waals surface area contributed by atoms with Gasteiger partial charge in [-0.15, -0.1) is 0 Å².